The van der Waals surface area contributed by atoms with Crippen LogP contribution in [0.3, 0.4) is 0 Å². The molecule has 0 atom stereocenters. The number of benzene rings is 1. The lowest BCUT2D eigenvalue weighted by Gasteiger charge is -2.20. The van der Waals surface area contributed by atoms with Crippen molar-refractivity contribution in [1.82, 2.24) is 9.78 Å². The first kappa shape index (κ1) is 14.1. The van der Waals surface area contributed by atoms with E-state index in [1.165, 1.54) is 5.56 Å². The summed E-state index contributed by atoms with van der Waals surface area (Å²) in [6, 6.07) is 10.3. The molecule has 0 fully saturated rings. The van der Waals surface area contributed by atoms with Crippen LogP contribution in [0.15, 0.2) is 34.8 Å². The molecule has 0 unspecified atom stereocenters. The first-order chi connectivity index (χ1) is 8.86. The highest BCUT2D eigenvalue weighted by atomic mass is 79.9. The van der Waals surface area contributed by atoms with Crippen molar-refractivity contribution in [3.05, 3.63) is 46.1 Å². The van der Waals surface area contributed by atoms with Crippen LogP contribution in [0.2, 0.25) is 0 Å². The number of rotatable bonds is 3. The van der Waals surface area contributed by atoms with E-state index in [2.05, 4.69) is 60.0 Å². The van der Waals surface area contributed by atoms with Gasteiger partial charge in [-0.1, -0.05) is 28.1 Å². The Morgan fingerprint density at radius 1 is 1.21 bits per heavy atom. The second-order valence-electron chi connectivity index (χ2n) is 5.77. The second kappa shape index (κ2) is 5.37. The molecular weight excluding hydrogens is 302 g/mol. The number of aromatic nitrogens is 2. The Balaban J connectivity index is 2.09. The molecule has 4 heteroatoms. The van der Waals surface area contributed by atoms with Crippen LogP contribution in [0.1, 0.15) is 32.0 Å². The Morgan fingerprint density at radius 3 is 2.53 bits per heavy atom. The van der Waals surface area contributed by atoms with Crippen molar-refractivity contribution in [2.75, 3.05) is 5.73 Å². The van der Waals surface area contributed by atoms with E-state index < -0.39 is 0 Å². The maximum Gasteiger partial charge on any atom is 0.122 e. The van der Waals surface area contributed by atoms with E-state index in [1.807, 2.05) is 16.8 Å². The molecule has 0 spiro atoms. The zero-order valence-electron chi connectivity index (χ0n) is 11.7. The fourth-order valence-corrected chi connectivity index (χ4v) is 2.52. The third-order valence-electron chi connectivity index (χ3n) is 2.98. The van der Waals surface area contributed by atoms with E-state index in [4.69, 9.17) is 5.73 Å². The SMILES string of the molecule is CC(C)(C)n1nc(CCc2cccc(Br)c2)cc1N. The lowest BCUT2D eigenvalue weighted by Crippen LogP contribution is -2.24. The number of aryl methyl sites for hydroxylation is 2. The molecule has 0 saturated carbocycles. The highest BCUT2D eigenvalue weighted by Gasteiger charge is 2.17. The topological polar surface area (TPSA) is 43.8 Å². The van der Waals surface area contributed by atoms with Crippen molar-refractivity contribution < 1.29 is 0 Å². The number of hydrogen-bond donors (Lipinski definition) is 1. The molecule has 2 aromatic rings. The molecule has 2 N–H and O–H groups in total. The van der Waals surface area contributed by atoms with Gasteiger partial charge in [-0.2, -0.15) is 5.10 Å². The second-order valence-corrected chi connectivity index (χ2v) is 6.69. The lowest BCUT2D eigenvalue weighted by molar-refractivity contribution is 0.359. The van der Waals surface area contributed by atoms with E-state index in [9.17, 15) is 0 Å². The molecule has 1 heterocycles. The fourth-order valence-electron chi connectivity index (χ4n) is 2.07. The van der Waals surface area contributed by atoms with Crippen LogP contribution < -0.4 is 5.73 Å². The van der Waals surface area contributed by atoms with Crippen LogP contribution in [0.25, 0.3) is 0 Å². The smallest absolute Gasteiger partial charge is 0.122 e. The van der Waals surface area contributed by atoms with Gasteiger partial charge in [0, 0.05) is 10.5 Å². The molecule has 1 aromatic heterocycles. The molecule has 0 aliphatic rings. The molecule has 102 valence electrons. The Labute approximate surface area is 122 Å². The van der Waals surface area contributed by atoms with E-state index in [-0.39, 0.29) is 5.54 Å². The summed E-state index contributed by atoms with van der Waals surface area (Å²) in [6.45, 7) is 6.32. The van der Waals surface area contributed by atoms with Gasteiger partial charge in [-0.15, -0.1) is 0 Å². The molecule has 0 radical (unpaired) electrons. The predicted molar refractivity (Wildman–Crippen MR) is 83.2 cm³/mol. The van der Waals surface area contributed by atoms with Gasteiger partial charge in [0.15, 0.2) is 0 Å². The molecule has 19 heavy (non-hydrogen) atoms. The number of hydrogen-bond acceptors (Lipinski definition) is 2. The van der Waals surface area contributed by atoms with Crippen molar-refractivity contribution in [3.8, 4) is 0 Å². The summed E-state index contributed by atoms with van der Waals surface area (Å²) in [5.41, 5.74) is 8.29. The van der Waals surface area contributed by atoms with Gasteiger partial charge in [0.1, 0.15) is 5.82 Å². The van der Waals surface area contributed by atoms with Gasteiger partial charge in [-0.05, 0) is 51.3 Å². The summed E-state index contributed by atoms with van der Waals surface area (Å²) in [5.74, 6) is 0.733. The van der Waals surface area contributed by atoms with Gasteiger partial charge in [-0.3, -0.25) is 0 Å². The monoisotopic (exact) mass is 321 g/mol. The Bertz CT molecular complexity index is 567. The summed E-state index contributed by atoms with van der Waals surface area (Å²) in [4.78, 5) is 0. The van der Waals surface area contributed by atoms with Crippen molar-refractivity contribution in [2.24, 2.45) is 0 Å². The van der Waals surface area contributed by atoms with E-state index in [0.717, 1.165) is 28.8 Å². The van der Waals surface area contributed by atoms with Crippen molar-refractivity contribution in [2.45, 2.75) is 39.2 Å². The minimum absolute atomic E-state index is 0.0713. The average molecular weight is 322 g/mol. The third-order valence-corrected chi connectivity index (χ3v) is 3.48. The van der Waals surface area contributed by atoms with Gasteiger partial charge >= 0.3 is 0 Å². The number of halogens is 1. The van der Waals surface area contributed by atoms with Gasteiger partial charge < -0.3 is 5.73 Å². The van der Waals surface area contributed by atoms with E-state index >= 15 is 0 Å². The van der Waals surface area contributed by atoms with Crippen LogP contribution in [-0.2, 0) is 18.4 Å². The minimum Gasteiger partial charge on any atom is -0.384 e. The van der Waals surface area contributed by atoms with Crippen molar-refractivity contribution in [1.29, 1.82) is 0 Å². The number of anilines is 1. The molecule has 1 aromatic carbocycles. The summed E-state index contributed by atoms with van der Waals surface area (Å²) in [6.07, 6.45) is 1.88. The van der Waals surface area contributed by atoms with Gasteiger partial charge in [-0.25, -0.2) is 4.68 Å². The summed E-state index contributed by atoms with van der Waals surface area (Å²) < 4.78 is 3.01. The number of nitrogens with zero attached hydrogens (tertiary/aromatic N) is 2. The predicted octanol–water partition coefficient (Wildman–Crippen LogP) is 3.77. The Kier molecular flexibility index (Phi) is 3.99. The highest BCUT2D eigenvalue weighted by Crippen LogP contribution is 2.20. The molecule has 0 saturated heterocycles. The van der Waals surface area contributed by atoms with E-state index in [0.29, 0.717) is 0 Å². The van der Waals surface area contributed by atoms with Gasteiger partial charge in [0.25, 0.3) is 0 Å². The zero-order chi connectivity index (χ0) is 14.0. The molecule has 0 aliphatic heterocycles. The van der Waals surface area contributed by atoms with E-state index in [1.54, 1.807) is 0 Å². The molecule has 2 rings (SSSR count). The molecule has 0 aliphatic carbocycles. The quantitative estimate of drug-likeness (QED) is 0.935. The molecule has 3 nitrogen and oxygen atoms in total. The van der Waals surface area contributed by atoms with Crippen molar-refractivity contribution >= 4 is 21.7 Å². The third kappa shape index (κ3) is 3.60. The maximum atomic E-state index is 6.01. The average Bonchev–Trinajstić information content (AvgIpc) is 2.68. The molecule has 0 bridgehead atoms. The summed E-state index contributed by atoms with van der Waals surface area (Å²) in [7, 11) is 0. The first-order valence-electron chi connectivity index (χ1n) is 6.45. The highest BCUT2D eigenvalue weighted by molar-refractivity contribution is 9.10. The Morgan fingerprint density at radius 2 is 1.95 bits per heavy atom. The van der Waals surface area contributed by atoms with Crippen LogP contribution in [0.5, 0.6) is 0 Å². The summed E-state index contributed by atoms with van der Waals surface area (Å²) >= 11 is 3.49. The lowest BCUT2D eigenvalue weighted by atomic mass is 10.1. The Hall–Kier alpha value is -1.29. The standard InChI is InChI=1S/C15H20BrN3/c1-15(2,3)19-14(17)10-13(18-19)8-7-11-5-4-6-12(16)9-11/h4-6,9-10H,7-8,17H2,1-3H3. The fraction of sp³-hybridized carbons (Fsp3) is 0.400. The zero-order valence-corrected chi connectivity index (χ0v) is 13.2. The van der Waals surface area contributed by atoms with Crippen LogP contribution in [-0.4, -0.2) is 9.78 Å². The number of nitrogen functional groups attached to an aromatic ring is 1. The maximum absolute atomic E-state index is 6.01. The normalized spacial score (nSPS) is 11.8. The van der Waals surface area contributed by atoms with Crippen LogP contribution in [0, 0.1) is 0 Å². The minimum atomic E-state index is -0.0713. The largest absolute Gasteiger partial charge is 0.384 e. The molecule has 0 amide bonds. The van der Waals surface area contributed by atoms with Gasteiger partial charge in [0.2, 0.25) is 0 Å². The first-order valence-corrected chi connectivity index (χ1v) is 7.25. The molecular formula is C15H20BrN3. The summed E-state index contributed by atoms with van der Waals surface area (Å²) in [5, 5.41) is 4.60. The van der Waals surface area contributed by atoms with Crippen molar-refractivity contribution in [3.63, 3.8) is 0 Å². The van der Waals surface area contributed by atoms with Crippen LogP contribution in [0.4, 0.5) is 5.82 Å². The number of nitrogens with two attached hydrogens (primary N) is 1. The van der Waals surface area contributed by atoms with Crippen LogP contribution >= 0.6 is 15.9 Å². The van der Waals surface area contributed by atoms with Gasteiger partial charge in [0.05, 0.1) is 11.2 Å².